The molecule has 0 saturated carbocycles. The highest BCUT2D eigenvalue weighted by Gasteiger charge is 2.15. The Labute approximate surface area is 198 Å². The van der Waals surface area contributed by atoms with E-state index < -0.39 is 35.1 Å². The third-order valence-corrected chi connectivity index (χ3v) is 6.01. The fourth-order valence-electron chi connectivity index (χ4n) is 2.89. The molecule has 2 N–H and O–H groups in total. The van der Waals surface area contributed by atoms with Crippen LogP contribution in [0.25, 0.3) is 22.5 Å². The van der Waals surface area contributed by atoms with E-state index in [0.29, 0.717) is 0 Å². The van der Waals surface area contributed by atoms with Gasteiger partial charge in [-0.05, 0) is 24.3 Å². The third-order valence-electron chi connectivity index (χ3n) is 4.49. The first kappa shape index (κ1) is 23.5. The molecule has 0 saturated heterocycles. The maximum Gasteiger partial charge on any atom is 0.226 e. The number of amides is 2. The van der Waals surface area contributed by atoms with Gasteiger partial charge in [0.15, 0.2) is 10.3 Å². The minimum Gasteiger partial charge on any atom is -0.302 e. The Balaban J connectivity index is 1.29. The summed E-state index contributed by atoms with van der Waals surface area (Å²) in [4.78, 5) is 32.5. The monoisotopic (exact) mass is 506 g/mol. The Hall–Kier alpha value is -3.64. The predicted molar refractivity (Wildman–Crippen MR) is 121 cm³/mol. The fraction of sp³-hybridized carbons (Fsp3) is 0.0909. The molecule has 2 heterocycles. The van der Waals surface area contributed by atoms with E-state index in [9.17, 15) is 27.2 Å². The van der Waals surface area contributed by atoms with Crippen LogP contribution in [-0.2, 0) is 9.59 Å². The minimum atomic E-state index is -0.771. The summed E-state index contributed by atoms with van der Waals surface area (Å²) in [5, 5.41) is 8.49. The van der Waals surface area contributed by atoms with Gasteiger partial charge in [0.25, 0.3) is 0 Å². The van der Waals surface area contributed by atoms with Crippen LogP contribution in [0.3, 0.4) is 0 Å². The van der Waals surface area contributed by atoms with E-state index in [4.69, 9.17) is 0 Å². The van der Waals surface area contributed by atoms with Gasteiger partial charge in [-0.15, -0.1) is 22.7 Å². The van der Waals surface area contributed by atoms with E-state index in [-0.39, 0.29) is 45.6 Å². The lowest BCUT2D eigenvalue weighted by atomic mass is 10.1. The third kappa shape index (κ3) is 5.64. The predicted octanol–water partition coefficient (Wildman–Crippen LogP) is 5.85. The fourth-order valence-corrected chi connectivity index (χ4v) is 4.35. The molecule has 0 unspecified atom stereocenters. The number of carbonyl (C=O) groups is 2. The molecule has 0 radical (unpaired) electrons. The number of hydrogen-bond acceptors (Lipinski definition) is 6. The number of carbonyl (C=O) groups excluding carboxylic acids is 2. The SMILES string of the molecule is O=C(CCC(=O)Nc1nc(-c2ccc(F)cc2F)cs1)Nc1nc(-c2ccc(F)cc2F)cs1. The molecule has 2 amide bonds. The highest BCUT2D eigenvalue weighted by Crippen LogP contribution is 2.29. The Morgan fingerprint density at radius 3 is 1.50 bits per heavy atom. The summed E-state index contributed by atoms with van der Waals surface area (Å²) in [7, 11) is 0. The number of benzene rings is 2. The zero-order valence-electron chi connectivity index (χ0n) is 17.1. The highest BCUT2D eigenvalue weighted by atomic mass is 32.1. The summed E-state index contributed by atoms with van der Waals surface area (Å²) in [6.07, 6.45) is -0.313. The lowest BCUT2D eigenvalue weighted by Gasteiger charge is -2.03. The van der Waals surface area contributed by atoms with Crippen molar-refractivity contribution in [1.82, 2.24) is 9.97 Å². The summed E-state index contributed by atoms with van der Waals surface area (Å²) in [6.45, 7) is 0. The van der Waals surface area contributed by atoms with Crippen molar-refractivity contribution in [2.45, 2.75) is 12.8 Å². The summed E-state index contributed by atoms with van der Waals surface area (Å²) >= 11 is 2.12. The highest BCUT2D eigenvalue weighted by molar-refractivity contribution is 7.14. The number of aromatic nitrogens is 2. The van der Waals surface area contributed by atoms with Crippen molar-refractivity contribution in [2.24, 2.45) is 0 Å². The van der Waals surface area contributed by atoms with Crippen molar-refractivity contribution in [3.05, 3.63) is 70.4 Å². The second-order valence-electron chi connectivity index (χ2n) is 6.92. The maximum atomic E-state index is 13.9. The molecule has 0 bridgehead atoms. The van der Waals surface area contributed by atoms with Crippen LogP contribution in [0.15, 0.2) is 47.2 Å². The Kier molecular flexibility index (Phi) is 6.98. The first-order chi connectivity index (χ1) is 16.3. The van der Waals surface area contributed by atoms with Crippen LogP contribution in [0.4, 0.5) is 27.8 Å². The topological polar surface area (TPSA) is 84.0 Å². The molecule has 0 spiro atoms. The molecule has 0 atom stereocenters. The van der Waals surface area contributed by atoms with E-state index in [0.717, 1.165) is 46.9 Å². The molecule has 6 nitrogen and oxygen atoms in total. The number of hydrogen-bond donors (Lipinski definition) is 2. The van der Waals surface area contributed by atoms with Gasteiger partial charge in [0, 0.05) is 46.9 Å². The van der Waals surface area contributed by atoms with Crippen molar-refractivity contribution in [3.8, 4) is 22.5 Å². The molecular weight excluding hydrogens is 492 g/mol. The van der Waals surface area contributed by atoms with Crippen molar-refractivity contribution in [3.63, 3.8) is 0 Å². The molecule has 0 aliphatic carbocycles. The number of rotatable bonds is 7. The number of thiazole rings is 2. The summed E-state index contributed by atoms with van der Waals surface area (Å²) in [6, 6.07) is 6.21. The van der Waals surface area contributed by atoms with Crippen molar-refractivity contribution < 1.29 is 27.2 Å². The van der Waals surface area contributed by atoms with E-state index in [1.165, 1.54) is 22.9 Å². The summed E-state index contributed by atoms with van der Waals surface area (Å²) in [5.74, 6) is -3.92. The zero-order chi connectivity index (χ0) is 24.2. The largest absolute Gasteiger partial charge is 0.302 e. The van der Waals surface area contributed by atoms with Gasteiger partial charge in [0.1, 0.15) is 23.3 Å². The normalized spacial score (nSPS) is 10.8. The number of anilines is 2. The number of nitrogens with zero attached hydrogens (tertiary/aromatic N) is 2. The average molecular weight is 507 g/mol. The zero-order valence-corrected chi connectivity index (χ0v) is 18.7. The maximum absolute atomic E-state index is 13.9. The molecule has 4 aromatic rings. The van der Waals surface area contributed by atoms with Gasteiger partial charge < -0.3 is 10.6 Å². The van der Waals surface area contributed by atoms with Crippen molar-refractivity contribution >= 4 is 44.8 Å². The molecule has 2 aromatic heterocycles. The second-order valence-corrected chi connectivity index (χ2v) is 8.64. The van der Waals surface area contributed by atoms with E-state index in [1.807, 2.05) is 0 Å². The first-order valence-electron chi connectivity index (χ1n) is 9.70. The smallest absolute Gasteiger partial charge is 0.226 e. The van der Waals surface area contributed by atoms with Crippen LogP contribution in [-0.4, -0.2) is 21.8 Å². The molecule has 12 heteroatoms. The first-order valence-corrected chi connectivity index (χ1v) is 11.5. The minimum absolute atomic E-state index is 0.0980. The molecule has 34 heavy (non-hydrogen) atoms. The van der Waals surface area contributed by atoms with Gasteiger partial charge in [-0.2, -0.15) is 0 Å². The lowest BCUT2D eigenvalue weighted by Crippen LogP contribution is -2.17. The van der Waals surface area contributed by atoms with Crippen LogP contribution in [0.5, 0.6) is 0 Å². The molecule has 0 aliphatic heterocycles. The molecule has 4 rings (SSSR count). The number of nitrogens with one attached hydrogen (secondary N) is 2. The molecule has 0 fully saturated rings. The van der Waals surface area contributed by atoms with Gasteiger partial charge in [-0.3, -0.25) is 9.59 Å². The standard InChI is InChI=1S/C22H14F4N4O2S2/c23-11-1-3-13(15(25)7-11)17-9-33-21(27-17)29-19(31)5-6-20(32)30-22-28-18(10-34-22)14-4-2-12(24)8-16(14)26/h1-4,7-10H,5-6H2,(H,27,29,31)(H,28,30,32). The molecule has 174 valence electrons. The molecule has 0 aliphatic rings. The van der Waals surface area contributed by atoms with Crippen LogP contribution >= 0.6 is 22.7 Å². The van der Waals surface area contributed by atoms with Crippen molar-refractivity contribution in [2.75, 3.05) is 10.6 Å². The summed E-state index contributed by atoms with van der Waals surface area (Å²) < 4.78 is 53.9. The molecule has 2 aromatic carbocycles. The average Bonchev–Trinajstić information content (AvgIpc) is 3.42. The van der Waals surface area contributed by atoms with E-state index >= 15 is 0 Å². The van der Waals surface area contributed by atoms with Gasteiger partial charge >= 0.3 is 0 Å². The Morgan fingerprint density at radius 2 is 1.12 bits per heavy atom. The Bertz CT molecular complexity index is 1270. The van der Waals surface area contributed by atoms with Crippen LogP contribution in [0.2, 0.25) is 0 Å². The van der Waals surface area contributed by atoms with E-state index in [1.54, 1.807) is 0 Å². The van der Waals surface area contributed by atoms with Crippen LogP contribution in [0, 0.1) is 23.3 Å². The van der Waals surface area contributed by atoms with Gasteiger partial charge in [0.2, 0.25) is 11.8 Å². The number of halogens is 4. The van der Waals surface area contributed by atoms with Crippen molar-refractivity contribution in [1.29, 1.82) is 0 Å². The molecular formula is C22H14F4N4O2S2. The van der Waals surface area contributed by atoms with Crippen LogP contribution < -0.4 is 10.6 Å². The van der Waals surface area contributed by atoms with Gasteiger partial charge in [-0.25, -0.2) is 27.5 Å². The summed E-state index contributed by atoms with van der Waals surface area (Å²) in [5.41, 5.74) is 0.683. The van der Waals surface area contributed by atoms with Gasteiger partial charge in [-0.1, -0.05) is 0 Å². The second kappa shape index (κ2) is 10.1. The lowest BCUT2D eigenvalue weighted by molar-refractivity contribution is -0.121. The van der Waals surface area contributed by atoms with Gasteiger partial charge in [0.05, 0.1) is 11.4 Å². The quantitative estimate of drug-likeness (QED) is 0.308. The van der Waals surface area contributed by atoms with Crippen LogP contribution in [0.1, 0.15) is 12.8 Å². The Morgan fingerprint density at radius 1 is 0.706 bits per heavy atom. The van der Waals surface area contributed by atoms with E-state index in [2.05, 4.69) is 20.6 Å².